The van der Waals surface area contributed by atoms with E-state index in [1.165, 1.54) is 38.5 Å². The first-order valence-corrected chi connectivity index (χ1v) is 10.7. The first-order valence-electron chi connectivity index (χ1n) is 9.92. The van der Waals surface area contributed by atoms with Gasteiger partial charge in [-0.25, -0.2) is 0 Å². The summed E-state index contributed by atoms with van der Waals surface area (Å²) in [5.74, 6) is 2.48. The fourth-order valence-corrected chi connectivity index (χ4v) is 6.33. The van der Waals surface area contributed by atoms with Crippen LogP contribution in [0.4, 0.5) is 0 Å². The summed E-state index contributed by atoms with van der Waals surface area (Å²) in [6, 6.07) is 4.78. The number of carbonyl (C=O) groups is 2. The molecule has 0 saturated heterocycles. The number of hydrogen-bond donors (Lipinski definition) is 2. The number of amides is 2. The van der Waals surface area contributed by atoms with Crippen LogP contribution in [0.2, 0.25) is 10.0 Å². The lowest BCUT2D eigenvalue weighted by molar-refractivity contribution is -0.129. The maximum Gasteiger partial charge on any atom is 0.251 e. The van der Waals surface area contributed by atoms with Gasteiger partial charge in [0, 0.05) is 25.1 Å². The number of rotatable bonds is 6. The minimum Gasteiger partial charge on any atom is -0.354 e. The highest BCUT2D eigenvalue weighted by Crippen LogP contribution is 2.61. The SMILES string of the molecule is O=C(CC12CC3CC(CC(C3)C1)C2)NCCNC(=O)c1ccc(Cl)c(Cl)c1. The van der Waals surface area contributed by atoms with Crippen LogP contribution in [0.3, 0.4) is 0 Å². The van der Waals surface area contributed by atoms with Gasteiger partial charge < -0.3 is 10.6 Å². The Morgan fingerprint density at radius 2 is 1.52 bits per heavy atom. The topological polar surface area (TPSA) is 58.2 Å². The number of halogens is 2. The van der Waals surface area contributed by atoms with E-state index in [1.54, 1.807) is 18.2 Å². The van der Waals surface area contributed by atoms with Gasteiger partial charge in [-0.1, -0.05) is 23.2 Å². The molecule has 4 fully saturated rings. The van der Waals surface area contributed by atoms with Crippen molar-refractivity contribution in [2.75, 3.05) is 13.1 Å². The molecule has 1 aromatic rings. The van der Waals surface area contributed by atoms with Crippen LogP contribution in [0.5, 0.6) is 0 Å². The first kappa shape index (κ1) is 19.1. The van der Waals surface area contributed by atoms with E-state index in [4.69, 9.17) is 23.2 Å². The Morgan fingerprint density at radius 3 is 2.11 bits per heavy atom. The van der Waals surface area contributed by atoms with Gasteiger partial charge >= 0.3 is 0 Å². The number of carbonyl (C=O) groups excluding carboxylic acids is 2. The highest BCUT2D eigenvalue weighted by Gasteiger charge is 2.51. The molecule has 4 nitrogen and oxygen atoms in total. The summed E-state index contributed by atoms with van der Waals surface area (Å²) in [5, 5.41) is 6.57. The normalized spacial score (nSPS) is 31.0. The van der Waals surface area contributed by atoms with E-state index in [9.17, 15) is 9.59 Å². The van der Waals surface area contributed by atoms with Crippen molar-refractivity contribution in [1.82, 2.24) is 10.6 Å². The number of benzene rings is 1. The molecule has 0 spiro atoms. The van der Waals surface area contributed by atoms with E-state index in [2.05, 4.69) is 10.6 Å². The molecule has 146 valence electrons. The summed E-state index contributed by atoms with van der Waals surface area (Å²) in [4.78, 5) is 24.6. The van der Waals surface area contributed by atoms with E-state index in [0.717, 1.165) is 17.8 Å². The quantitative estimate of drug-likeness (QED) is 0.683. The molecular weight excluding hydrogens is 383 g/mol. The minimum atomic E-state index is -0.219. The van der Waals surface area contributed by atoms with Crippen LogP contribution in [0.25, 0.3) is 0 Å². The molecule has 1 aromatic carbocycles. The lowest BCUT2D eigenvalue weighted by Crippen LogP contribution is -2.48. The maximum absolute atomic E-state index is 12.5. The molecule has 4 aliphatic rings. The van der Waals surface area contributed by atoms with Crippen molar-refractivity contribution >= 4 is 35.0 Å². The molecule has 0 atom stereocenters. The zero-order valence-electron chi connectivity index (χ0n) is 15.4. The van der Waals surface area contributed by atoms with E-state index in [-0.39, 0.29) is 17.2 Å². The summed E-state index contributed by atoms with van der Waals surface area (Å²) >= 11 is 11.8. The standard InChI is InChI=1S/C21H26Cl2N2O2/c22-17-2-1-16(8-18(17)23)20(27)25-4-3-24-19(26)12-21-9-13-5-14(10-21)7-15(6-13)11-21/h1-2,8,13-15H,3-7,9-12H2,(H,24,26)(H,25,27). The predicted molar refractivity (Wildman–Crippen MR) is 107 cm³/mol. The molecule has 4 aliphatic carbocycles. The minimum absolute atomic E-state index is 0.126. The van der Waals surface area contributed by atoms with E-state index in [0.29, 0.717) is 35.1 Å². The molecule has 27 heavy (non-hydrogen) atoms. The molecule has 2 amide bonds. The van der Waals surface area contributed by atoms with Gasteiger partial charge in [-0.15, -0.1) is 0 Å². The summed E-state index contributed by atoms with van der Waals surface area (Å²) in [6.45, 7) is 0.837. The van der Waals surface area contributed by atoms with Crippen LogP contribution in [0, 0.1) is 23.2 Å². The van der Waals surface area contributed by atoms with Gasteiger partial charge in [0.05, 0.1) is 10.0 Å². The van der Waals surface area contributed by atoms with Crippen LogP contribution in [-0.4, -0.2) is 24.9 Å². The summed E-state index contributed by atoms with van der Waals surface area (Å²) in [7, 11) is 0. The summed E-state index contributed by atoms with van der Waals surface area (Å²) in [6.07, 6.45) is 8.53. The third-order valence-electron chi connectivity index (χ3n) is 6.62. The molecule has 4 bridgehead atoms. The van der Waals surface area contributed by atoms with Crippen molar-refractivity contribution in [2.24, 2.45) is 23.2 Å². The lowest BCUT2D eigenvalue weighted by Gasteiger charge is -2.56. The van der Waals surface area contributed by atoms with E-state index >= 15 is 0 Å². The Bertz CT molecular complexity index is 714. The molecule has 0 unspecified atom stereocenters. The second kappa shape index (κ2) is 7.63. The van der Waals surface area contributed by atoms with Gasteiger partial charge in [-0.05, 0) is 79.9 Å². The van der Waals surface area contributed by atoms with Gasteiger partial charge in [0.15, 0.2) is 0 Å². The van der Waals surface area contributed by atoms with Crippen LogP contribution >= 0.6 is 23.2 Å². The molecule has 0 heterocycles. The molecule has 0 aromatic heterocycles. The Hall–Kier alpha value is -1.26. The molecule has 5 rings (SSSR count). The monoisotopic (exact) mass is 408 g/mol. The zero-order chi connectivity index (χ0) is 19.0. The van der Waals surface area contributed by atoms with Crippen molar-refractivity contribution in [3.63, 3.8) is 0 Å². The van der Waals surface area contributed by atoms with Crippen LogP contribution in [0.1, 0.15) is 55.3 Å². The van der Waals surface area contributed by atoms with Crippen LogP contribution in [0.15, 0.2) is 18.2 Å². The van der Waals surface area contributed by atoms with Crippen LogP contribution < -0.4 is 10.6 Å². The average Bonchev–Trinajstić information content (AvgIpc) is 2.59. The second-order valence-electron chi connectivity index (χ2n) is 8.83. The highest BCUT2D eigenvalue weighted by molar-refractivity contribution is 6.42. The Morgan fingerprint density at radius 1 is 0.926 bits per heavy atom. The lowest BCUT2D eigenvalue weighted by atomic mass is 9.49. The second-order valence-corrected chi connectivity index (χ2v) is 9.64. The molecular formula is C21H26Cl2N2O2. The van der Waals surface area contributed by atoms with Crippen molar-refractivity contribution in [3.05, 3.63) is 33.8 Å². The fourth-order valence-electron chi connectivity index (χ4n) is 6.03. The average molecular weight is 409 g/mol. The van der Waals surface area contributed by atoms with Gasteiger partial charge in [0.1, 0.15) is 0 Å². The molecule has 0 radical (unpaired) electrons. The smallest absolute Gasteiger partial charge is 0.251 e. The fraction of sp³-hybridized carbons (Fsp3) is 0.619. The van der Waals surface area contributed by atoms with Gasteiger partial charge in [-0.3, -0.25) is 9.59 Å². The largest absolute Gasteiger partial charge is 0.354 e. The first-order chi connectivity index (χ1) is 12.9. The third-order valence-corrected chi connectivity index (χ3v) is 7.35. The number of nitrogens with one attached hydrogen (secondary N) is 2. The Kier molecular flexibility index (Phi) is 5.39. The van der Waals surface area contributed by atoms with Gasteiger partial charge in [0.2, 0.25) is 5.91 Å². The molecule has 0 aliphatic heterocycles. The molecule has 2 N–H and O–H groups in total. The Balaban J connectivity index is 1.21. The van der Waals surface area contributed by atoms with Gasteiger partial charge in [-0.2, -0.15) is 0 Å². The zero-order valence-corrected chi connectivity index (χ0v) is 16.9. The van der Waals surface area contributed by atoms with E-state index in [1.807, 2.05) is 0 Å². The Labute approximate surface area is 170 Å². The maximum atomic E-state index is 12.5. The summed E-state index contributed by atoms with van der Waals surface area (Å²) in [5.41, 5.74) is 0.714. The third kappa shape index (κ3) is 4.27. The van der Waals surface area contributed by atoms with Crippen molar-refractivity contribution in [3.8, 4) is 0 Å². The highest BCUT2D eigenvalue weighted by atomic mass is 35.5. The van der Waals surface area contributed by atoms with E-state index < -0.39 is 0 Å². The molecule has 6 heteroatoms. The van der Waals surface area contributed by atoms with Crippen molar-refractivity contribution in [1.29, 1.82) is 0 Å². The van der Waals surface area contributed by atoms with Crippen LogP contribution in [-0.2, 0) is 4.79 Å². The molecule has 4 saturated carbocycles. The van der Waals surface area contributed by atoms with Gasteiger partial charge in [0.25, 0.3) is 5.91 Å². The van der Waals surface area contributed by atoms with Crippen molar-refractivity contribution < 1.29 is 9.59 Å². The predicted octanol–water partition coefficient (Wildman–Crippen LogP) is 4.45. The van der Waals surface area contributed by atoms with Crippen molar-refractivity contribution in [2.45, 2.75) is 44.9 Å². The number of hydrogen-bond acceptors (Lipinski definition) is 2. The summed E-state index contributed by atoms with van der Waals surface area (Å²) < 4.78 is 0.